The minimum absolute atomic E-state index is 0.105. The monoisotopic (exact) mass is 653 g/mol. The van der Waals surface area contributed by atoms with Crippen LogP contribution in [0.15, 0.2) is 55.1 Å². The van der Waals surface area contributed by atoms with Gasteiger partial charge in [-0.3, -0.25) is 14.7 Å². The number of nitrogens with zero attached hydrogens (tertiary/aromatic N) is 6. The SMILES string of the molecule is CC[C@@H](NC(=O)c1cnc2c(cnn2CC)c1NC1CCN(C(N)=O)CC1)c1ccc(C(C)C)cc1.NC(=O)c1cnc2[nH]ncc2c1. The molecule has 1 atom stereocenters. The van der Waals surface area contributed by atoms with Crippen molar-refractivity contribution in [2.45, 2.75) is 71.5 Å². The third-order valence-electron chi connectivity index (χ3n) is 8.66. The molecule has 0 spiro atoms. The van der Waals surface area contributed by atoms with Gasteiger partial charge in [0, 0.05) is 43.5 Å². The molecule has 0 bridgehead atoms. The Balaban J connectivity index is 0.000000313. The molecule has 4 aromatic heterocycles. The summed E-state index contributed by atoms with van der Waals surface area (Å²) >= 11 is 0. The van der Waals surface area contributed by atoms with Crippen molar-refractivity contribution < 1.29 is 14.4 Å². The normalized spacial score (nSPS) is 14.1. The second-order valence-electron chi connectivity index (χ2n) is 12.1. The molecular formula is C34H43N11O3. The number of likely N-dealkylation sites (tertiary alicyclic amines) is 1. The molecular weight excluding hydrogens is 610 g/mol. The summed E-state index contributed by atoms with van der Waals surface area (Å²) in [5.41, 5.74) is 15.9. The average Bonchev–Trinajstić information content (AvgIpc) is 3.74. The largest absolute Gasteiger partial charge is 0.381 e. The Bertz CT molecular complexity index is 1890. The smallest absolute Gasteiger partial charge is 0.314 e. The van der Waals surface area contributed by atoms with Gasteiger partial charge >= 0.3 is 6.03 Å². The minimum Gasteiger partial charge on any atom is -0.381 e. The zero-order valence-electron chi connectivity index (χ0n) is 27.7. The van der Waals surface area contributed by atoms with Crippen LogP contribution in [0, 0.1) is 0 Å². The van der Waals surface area contributed by atoms with Gasteiger partial charge in [-0.05, 0) is 49.3 Å². The van der Waals surface area contributed by atoms with Gasteiger partial charge in [0.1, 0.15) is 0 Å². The molecule has 0 saturated carbocycles. The van der Waals surface area contributed by atoms with Crippen molar-refractivity contribution in [2.24, 2.45) is 11.5 Å². The Kier molecular flexibility index (Phi) is 10.5. The van der Waals surface area contributed by atoms with E-state index in [9.17, 15) is 14.4 Å². The second-order valence-corrected chi connectivity index (χ2v) is 12.1. The Labute approximate surface area is 278 Å². The first kappa shape index (κ1) is 33.8. The highest BCUT2D eigenvalue weighted by molar-refractivity contribution is 6.06. The van der Waals surface area contributed by atoms with Gasteiger partial charge in [0.2, 0.25) is 5.91 Å². The number of carbonyl (C=O) groups is 3. The number of primary amides is 2. The summed E-state index contributed by atoms with van der Waals surface area (Å²) in [7, 11) is 0. The molecule has 1 aliphatic heterocycles. The molecule has 6 rings (SSSR count). The van der Waals surface area contributed by atoms with Gasteiger partial charge in [0.05, 0.1) is 40.6 Å². The van der Waals surface area contributed by atoms with Crippen LogP contribution in [-0.2, 0) is 6.54 Å². The highest BCUT2D eigenvalue weighted by Crippen LogP contribution is 2.30. The number of anilines is 1. The number of hydrogen-bond donors (Lipinski definition) is 5. The van der Waals surface area contributed by atoms with E-state index in [2.05, 4.69) is 80.9 Å². The number of benzene rings is 1. The van der Waals surface area contributed by atoms with E-state index < -0.39 is 11.9 Å². The maximum Gasteiger partial charge on any atom is 0.314 e. The molecule has 48 heavy (non-hydrogen) atoms. The van der Waals surface area contributed by atoms with Gasteiger partial charge in [0.25, 0.3) is 5.91 Å². The lowest BCUT2D eigenvalue weighted by Gasteiger charge is -2.32. The number of aryl methyl sites for hydroxylation is 1. The predicted molar refractivity (Wildman–Crippen MR) is 184 cm³/mol. The molecule has 0 radical (unpaired) electrons. The first-order chi connectivity index (χ1) is 23.1. The molecule has 0 aliphatic carbocycles. The highest BCUT2D eigenvalue weighted by Gasteiger charge is 2.26. The molecule has 14 nitrogen and oxygen atoms in total. The van der Waals surface area contributed by atoms with E-state index in [-0.39, 0.29) is 18.0 Å². The van der Waals surface area contributed by atoms with Crippen LogP contribution >= 0.6 is 0 Å². The molecule has 14 heteroatoms. The van der Waals surface area contributed by atoms with E-state index in [0.29, 0.717) is 42.3 Å². The molecule has 1 aromatic carbocycles. The number of nitrogens with one attached hydrogen (secondary N) is 3. The summed E-state index contributed by atoms with van der Waals surface area (Å²) in [6.07, 6.45) is 8.68. The number of urea groups is 1. The second kappa shape index (κ2) is 14.9. The number of aromatic nitrogens is 6. The summed E-state index contributed by atoms with van der Waals surface area (Å²) in [4.78, 5) is 46.0. The summed E-state index contributed by atoms with van der Waals surface area (Å²) in [5, 5.41) is 19.3. The van der Waals surface area contributed by atoms with Crippen LogP contribution in [0.25, 0.3) is 22.1 Å². The summed E-state index contributed by atoms with van der Waals surface area (Å²) in [6.45, 7) is 10.3. The van der Waals surface area contributed by atoms with E-state index in [1.165, 1.54) is 11.8 Å². The van der Waals surface area contributed by atoms with Crippen molar-refractivity contribution in [1.29, 1.82) is 0 Å². The maximum atomic E-state index is 13.6. The number of rotatable bonds is 9. The van der Waals surface area contributed by atoms with E-state index in [0.717, 1.165) is 46.9 Å². The molecule has 0 unspecified atom stereocenters. The summed E-state index contributed by atoms with van der Waals surface area (Å²) in [5.74, 6) is -0.199. The van der Waals surface area contributed by atoms with Crippen molar-refractivity contribution in [3.05, 3.63) is 77.4 Å². The molecule has 1 fully saturated rings. The number of hydrogen-bond acceptors (Lipinski definition) is 8. The predicted octanol–water partition coefficient (Wildman–Crippen LogP) is 4.47. The van der Waals surface area contributed by atoms with Gasteiger partial charge in [0.15, 0.2) is 11.3 Å². The van der Waals surface area contributed by atoms with Gasteiger partial charge in [-0.25, -0.2) is 19.4 Å². The topological polar surface area (TPSA) is 203 Å². The number of pyridine rings is 2. The lowest BCUT2D eigenvalue weighted by Crippen LogP contribution is -2.45. The number of piperidine rings is 1. The molecule has 252 valence electrons. The van der Waals surface area contributed by atoms with Crippen molar-refractivity contribution in [3.63, 3.8) is 0 Å². The molecule has 1 aliphatic rings. The van der Waals surface area contributed by atoms with Crippen LogP contribution in [0.3, 0.4) is 0 Å². The van der Waals surface area contributed by atoms with Crippen molar-refractivity contribution >= 4 is 45.6 Å². The van der Waals surface area contributed by atoms with Crippen molar-refractivity contribution in [2.75, 3.05) is 18.4 Å². The Morgan fingerprint density at radius 2 is 1.69 bits per heavy atom. The summed E-state index contributed by atoms with van der Waals surface area (Å²) < 4.78 is 1.82. The molecule has 5 aromatic rings. The first-order valence-corrected chi connectivity index (χ1v) is 16.2. The van der Waals surface area contributed by atoms with Gasteiger partial charge < -0.3 is 27.0 Å². The minimum atomic E-state index is -0.481. The lowest BCUT2D eigenvalue weighted by molar-refractivity contribution is 0.0935. The first-order valence-electron chi connectivity index (χ1n) is 16.2. The van der Waals surface area contributed by atoms with Crippen molar-refractivity contribution in [3.8, 4) is 0 Å². The van der Waals surface area contributed by atoms with Gasteiger partial charge in [-0.15, -0.1) is 0 Å². The van der Waals surface area contributed by atoms with Crippen LogP contribution in [0.4, 0.5) is 10.5 Å². The molecule has 5 heterocycles. The van der Waals surface area contributed by atoms with Crippen LogP contribution in [-0.4, -0.2) is 71.8 Å². The highest BCUT2D eigenvalue weighted by atomic mass is 16.2. The number of amides is 4. The zero-order valence-corrected chi connectivity index (χ0v) is 27.7. The van der Waals surface area contributed by atoms with E-state index in [1.54, 1.807) is 29.6 Å². The standard InChI is InChI=1S/C27H37N7O2.C7H6N4O/c1-5-23(19-9-7-18(8-10-19)17(3)4)32-26(35)22-15-29-25-21(16-30-34(25)6-2)24(22)31-20-11-13-33(14-12-20)27(28)36;8-6(12)4-1-5-3-10-11-7(5)9-2-4/h7-10,15-17,20,23H,5-6,11-14H2,1-4H3,(H2,28,36)(H,29,31)(H,32,35);1-3H,(H2,8,12)(H,9,10,11)/t23-;/m1./s1. The fourth-order valence-corrected chi connectivity index (χ4v) is 5.78. The third-order valence-corrected chi connectivity index (χ3v) is 8.66. The maximum absolute atomic E-state index is 13.6. The quantitative estimate of drug-likeness (QED) is 0.153. The average molecular weight is 654 g/mol. The number of fused-ring (bicyclic) bond motifs is 2. The number of aromatic amines is 1. The number of nitrogens with two attached hydrogens (primary N) is 2. The molecule has 4 amide bonds. The fraction of sp³-hybridized carbons (Fsp3) is 0.382. The Morgan fingerprint density at radius 1 is 0.979 bits per heavy atom. The van der Waals surface area contributed by atoms with Crippen LogP contribution in [0.1, 0.15) is 90.8 Å². The number of carbonyl (C=O) groups excluding carboxylic acids is 3. The van der Waals surface area contributed by atoms with Crippen molar-refractivity contribution in [1.82, 2.24) is 40.2 Å². The van der Waals surface area contributed by atoms with E-state index >= 15 is 0 Å². The van der Waals surface area contributed by atoms with E-state index in [1.807, 2.05) is 11.6 Å². The summed E-state index contributed by atoms with van der Waals surface area (Å²) in [6, 6.07) is 9.71. The molecule has 1 saturated heterocycles. The third kappa shape index (κ3) is 7.54. The zero-order chi connectivity index (χ0) is 34.4. The number of H-pyrrole nitrogens is 1. The van der Waals surface area contributed by atoms with Gasteiger partial charge in [-0.1, -0.05) is 45.0 Å². The fourth-order valence-electron chi connectivity index (χ4n) is 5.78. The Hall–Kier alpha value is -5.53. The lowest BCUT2D eigenvalue weighted by atomic mass is 9.97. The Morgan fingerprint density at radius 3 is 2.31 bits per heavy atom. The van der Waals surface area contributed by atoms with E-state index in [4.69, 9.17) is 11.5 Å². The van der Waals surface area contributed by atoms with Crippen LogP contribution < -0.4 is 22.1 Å². The van der Waals surface area contributed by atoms with Crippen LogP contribution in [0.2, 0.25) is 0 Å². The molecule has 7 N–H and O–H groups in total. The van der Waals surface area contributed by atoms with Crippen LogP contribution in [0.5, 0.6) is 0 Å². The van der Waals surface area contributed by atoms with Gasteiger partial charge in [-0.2, -0.15) is 10.2 Å².